The molecule has 5 N–H and O–H groups in total. The van der Waals surface area contributed by atoms with E-state index in [9.17, 15) is 23.1 Å². The second kappa shape index (κ2) is 8.63. The molecule has 0 aliphatic heterocycles. The molecule has 0 bridgehead atoms. The number of nitrogens with two attached hydrogens (primary N) is 1. The van der Waals surface area contributed by atoms with Gasteiger partial charge in [-0.3, -0.25) is 0 Å². The average Bonchev–Trinajstić information content (AvgIpc) is 2.61. The third-order valence-corrected chi connectivity index (χ3v) is 3.72. The standard InChI is InChI=1S/C18H20F3N3O3/c1-11(23-17(26)27-10-12-5-3-2-4-6-12)16(25)24-15-9-13(18(19,20)21)7-8-14(15)22/h2-9,11,16,24-25H,10,22H2,1H3,(H,23,26)/t11-,16-/m0/s1. The number of aliphatic hydroxyl groups is 1. The molecule has 0 saturated heterocycles. The van der Waals surface area contributed by atoms with Crippen LogP contribution in [0.15, 0.2) is 48.5 Å². The molecule has 2 rings (SSSR count). The lowest BCUT2D eigenvalue weighted by molar-refractivity contribution is -0.137. The summed E-state index contributed by atoms with van der Waals surface area (Å²) in [4.78, 5) is 11.8. The first-order chi connectivity index (χ1) is 12.7. The van der Waals surface area contributed by atoms with E-state index in [0.717, 1.165) is 23.8 Å². The molecule has 0 saturated carbocycles. The average molecular weight is 383 g/mol. The number of alkyl halides is 3. The number of amides is 1. The zero-order valence-corrected chi connectivity index (χ0v) is 14.5. The summed E-state index contributed by atoms with van der Waals surface area (Å²) in [6, 6.07) is 10.8. The Labute approximate surface area is 154 Å². The van der Waals surface area contributed by atoms with Crippen LogP contribution >= 0.6 is 0 Å². The van der Waals surface area contributed by atoms with Gasteiger partial charge in [-0.05, 0) is 30.7 Å². The zero-order valence-electron chi connectivity index (χ0n) is 14.5. The smallest absolute Gasteiger partial charge is 0.416 e. The fourth-order valence-electron chi connectivity index (χ4n) is 2.17. The summed E-state index contributed by atoms with van der Waals surface area (Å²) in [5.74, 6) is 0. The predicted octanol–water partition coefficient (Wildman–Crippen LogP) is 3.33. The predicted molar refractivity (Wildman–Crippen MR) is 94.7 cm³/mol. The van der Waals surface area contributed by atoms with Crippen molar-refractivity contribution in [2.24, 2.45) is 0 Å². The SMILES string of the molecule is C[C@H](NC(=O)OCc1ccccc1)[C@H](O)Nc1cc(C(F)(F)F)ccc1N. The maximum Gasteiger partial charge on any atom is 0.416 e. The van der Waals surface area contributed by atoms with Crippen LogP contribution in [0.3, 0.4) is 0 Å². The lowest BCUT2D eigenvalue weighted by Gasteiger charge is -2.23. The minimum atomic E-state index is -4.54. The van der Waals surface area contributed by atoms with Crippen LogP contribution in [-0.4, -0.2) is 23.5 Å². The van der Waals surface area contributed by atoms with E-state index in [2.05, 4.69) is 10.6 Å². The van der Waals surface area contributed by atoms with Crippen LogP contribution in [0.4, 0.5) is 29.3 Å². The highest BCUT2D eigenvalue weighted by Crippen LogP contribution is 2.33. The maximum atomic E-state index is 12.8. The Morgan fingerprint density at radius 3 is 2.52 bits per heavy atom. The van der Waals surface area contributed by atoms with E-state index < -0.39 is 30.1 Å². The van der Waals surface area contributed by atoms with E-state index in [1.54, 1.807) is 24.3 Å². The van der Waals surface area contributed by atoms with Gasteiger partial charge in [0, 0.05) is 0 Å². The van der Waals surface area contributed by atoms with Crippen LogP contribution in [0.2, 0.25) is 0 Å². The summed E-state index contributed by atoms with van der Waals surface area (Å²) in [6.07, 6.45) is -6.70. The van der Waals surface area contributed by atoms with Crippen molar-refractivity contribution in [3.8, 4) is 0 Å². The molecular formula is C18H20F3N3O3. The lowest BCUT2D eigenvalue weighted by Crippen LogP contribution is -2.45. The number of nitrogen functional groups attached to an aromatic ring is 1. The monoisotopic (exact) mass is 383 g/mol. The highest BCUT2D eigenvalue weighted by Gasteiger charge is 2.31. The number of aliphatic hydroxyl groups excluding tert-OH is 1. The Balaban J connectivity index is 1.91. The number of carbonyl (C=O) groups is 1. The van der Waals surface area contributed by atoms with Crippen molar-refractivity contribution < 1.29 is 27.8 Å². The molecule has 0 aromatic heterocycles. The number of alkyl carbamates (subject to hydrolysis) is 1. The van der Waals surface area contributed by atoms with E-state index in [4.69, 9.17) is 10.5 Å². The van der Waals surface area contributed by atoms with Gasteiger partial charge in [0.05, 0.1) is 23.0 Å². The van der Waals surface area contributed by atoms with Crippen molar-refractivity contribution in [2.45, 2.75) is 32.0 Å². The normalized spacial score (nSPS) is 13.5. The first kappa shape index (κ1) is 20.4. The first-order valence-corrected chi connectivity index (χ1v) is 8.05. The minimum absolute atomic E-state index is 0.0286. The molecule has 9 heteroatoms. The largest absolute Gasteiger partial charge is 0.445 e. The molecule has 2 aromatic carbocycles. The maximum absolute atomic E-state index is 12.8. The molecule has 0 fully saturated rings. The van der Waals surface area contributed by atoms with Crippen molar-refractivity contribution in [1.29, 1.82) is 0 Å². The Hall–Kier alpha value is -2.94. The number of benzene rings is 2. The van der Waals surface area contributed by atoms with Crippen LogP contribution in [0.25, 0.3) is 0 Å². The van der Waals surface area contributed by atoms with Gasteiger partial charge >= 0.3 is 12.3 Å². The zero-order chi connectivity index (χ0) is 20.0. The molecule has 0 aliphatic carbocycles. The van der Waals surface area contributed by atoms with Gasteiger partial charge in [0.1, 0.15) is 12.8 Å². The van der Waals surface area contributed by atoms with E-state index in [1.807, 2.05) is 6.07 Å². The Kier molecular flexibility index (Phi) is 6.51. The van der Waals surface area contributed by atoms with E-state index >= 15 is 0 Å². The molecule has 2 aromatic rings. The fourth-order valence-corrected chi connectivity index (χ4v) is 2.17. The quantitative estimate of drug-likeness (QED) is 0.453. The van der Waals surface area contributed by atoms with Gasteiger partial charge in [-0.15, -0.1) is 0 Å². The summed E-state index contributed by atoms with van der Waals surface area (Å²) < 4.78 is 43.4. The van der Waals surface area contributed by atoms with Gasteiger partial charge in [-0.25, -0.2) is 4.79 Å². The Bertz CT molecular complexity index is 769. The minimum Gasteiger partial charge on any atom is -0.445 e. The number of rotatable bonds is 6. The lowest BCUT2D eigenvalue weighted by atomic mass is 10.1. The molecule has 0 heterocycles. The van der Waals surface area contributed by atoms with Crippen molar-refractivity contribution in [3.63, 3.8) is 0 Å². The third-order valence-electron chi connectivity index (χ3n) is 3.72. The van der Waals surface area contributed by atoms with E-state index in [0.29, 0.717) is 0 Å². The molecule has 0 radical (unpaired) electrons. The topological polar surface area (TPSA) is 96.6 Å². The Morgan fingerprint density at radius 1 is 1.22 bits per heavy atom. The van der Waals surface area contributed by atoms with Crippen LogP contribution < -0.4 is 16.4 Å². The van der Waals surface area contributed by atoms with Gasteiger partial charge in [0.25, 0.3) is 0 Å². The number of hydrogen-bond acceptors (Lipinski definition) is 5. The van der Waals surface area contributed by atoms with E-state index in [1.165, 1.54) is 6.92 Å². The molecular weight excluding hydrogens is 363 g/mol. The molecule has 2 atom stereocenters. The van der Waals surface area contributed by atoms with Gasteiger partial charge < -0.3 is 26.2 Å². The van der Waals surface area contributed by atoms with Gasteiger partial charge in [-0.2, -0.15) is 13.2 Å². The highest BCUT2D eigenvalue weighted by atomic mass is 19.4. The van der Waals surface area contributed by atoms with Gasteiger partial charge in [-0.1, -0.05) is 30.3 Å². The molecule has 0 spiro atoms. The number of nitrogens with one attached hydrogen (secondary N) is 2. The number of ether oxygens (including phenoxy) is 1. The van der Waals surface area contributed by atoms with Crippen LogP contribution in [0.1, 0.15) is 18.1 Å². The molecule has 0 aliphatic rings. The van der Waals surface area contributed by atoms with Crippen LogP contribution in [-0.2, 0) is 17.5 Å². The summed E-state index contributed by atoms with van der Waals surface area (Å²) >= 11 is 0. The third kappa shape index (κ3) is 6.07. The summed E-state index contributed by atoms with van der Waals surface area (Å²) in [6.45, 7) is 1.51. The van der Waals surface area contributed by atoms with Crippen molar-refractivity contribution in [1.82, 2.24) is 5.32 Å². The number of halogens is 3. The molecule has 27 heavy (non-hydrogen) atoms. The van der Waals surface area contributed by atoms with Crippen molar-refractivity contribution in [2.75, 3.05) is 11.1 Å². The second-order valence-electron chi connectivity index (χ2n) is 5.88. The number of anilines is 2. The molecule has 6 nitrogen and oxygen atoms in total. The van der Waals surface area contributed by atoms with Crippen LogP contribution in [0, 0.1) is 0 Å². The van der Waals surface area contributed by atoms with Crippen molar-refractivity contribution in [3.05, 3.63) is 59.7 Å². The number of hydrogen-bond donors (Lipinski definition) is 4. The second-order valence-corrected chi connectivity index (χ2v) is 5.88. The summed E-state index contributed by atoms with van der Waals surface area (Å²) in [5.41, 5.74) is 5.46. The van der Waals surface area contributed by atoms with Crippen LogP contribution in [0.5, 0.6) is 0 Å². The summed E-state index contributed by atoms with van der Waals surface area (Å²) in [7, 11) is 0. The van der Waals surface area contributed by atoms with Gasteiger partial charge in [0.2, 0.25) is 0 Å². The van der Waals surface area contributed by atoms with E-state index in [-0.39, 0.29) is 18.0 Å². The Morgan fingerprint density at radius 2 is 1.89 bits per heavy atom. The van der Waals surface area contributed by atoms with Gasteiger partial charge in [0.15, 0.2) is 0 Å². The highest BCUT2D eigenvalue weighted by molar-refractivity contribution is 5.69. The fraction of sp³-hybridized carbons (Fsp3) is 0.278. The molecule has 0 unspecified atom stereocenters. The van der Waals surface area contributed by atoms with Crippen molar-refractivity contribution >= 4 is 17.5 Å². The molecule has 146 valence electrons. The number of carbonyl (C=O) groups excluding carboxylic acids is 1. The first-order valence-electron chi connectivity index (χ1n) is 8.05. The summed E-state index contributed by atoms with van der Waals surface area (Å²) in [5, 5.41) is 15.0. The molecule has 1 amide bonds.